The minimum absolute atomic E-state index is 0.00694. The molecule has 6 aromatic heterocycles. The molecule has 1 atom stereocenters. The molecule has 0 saturated heterocycles. The topological polar surface area (TPSA) is 197 Å². The third-order valence-corrected chi connectivity index (χ3v) is 7.60. The largest absolute Gasteiger partial charge is 0.469 e. The first kappa shape index (κ1) is 40.6. The van der Waals surface area contributed by atoms with Crippen LogP contribution in [-0.4, -0.2) is 44.5 Å². The fraction of sp³-hybridized carbons (Fsp3) is 0.359. The number of hydrogen-bond donors (Lipinski definition) is 5. The maximum absolute atomic E-state index is 10.1. The molecule has 0 fully saturated rings. The molecule has 0 aromatic carbocycles. The summed E-state index contributed by atoms with van der Waals surface area (Å²) in [7, 11) is 0. The number of aliphatic hydroxyl groups excluding tert-OH is 5. The van der Waals surface area contributed by atoms with Gasteiger partial charge >= 0.3 is 0 Å². The Kier molecular flexibility index (Phi) is 18.7. The van der Waals surface area contributed by atoms with Crippen molar-refractivity contribution < 1.29 is 56.8 Å². The van der Waals surface area contributed by atoms with E-state index in [-0.39, 0.29) is 25.9 Å². The lowest BCUT2D eigenvalue weighted by Crippen LogP contribution is -2.09. The zero-order valence-corrected chi connectivity index (χ0v) is 28.6. The smallest absolute Gasteiger partial charge is 0.129 e. The van der Waals surface area contributed by atoms with Crippen LogP contribution in [0.25, 0.3) is 0 Å². The van der Waals surface area contributed by atoms with Crippen LogP contribution in [0.3, 0.4) is 0 Å². The number of aryl methyl sites for hydroxylation is 4. The van der Waals surface area contributed by atoms with Crippen LogP contribution >= 0.6 is 0 Å². The summed E-state index contributed by atoms with van der Waals surface area (Å²) >= 11 is 0. The highest BCUT2D eigenvalue weighted by Crippen LogP contribution is 2.19. The Bertz CT molecular complexity index is 1620. The fourth-order valence-corrected chi connectivity index (χ4v) is 4.90. The van der Waals surface area contributed by atoms with Gasteiger partial charge in [-0.05, 0) is 98.5 Å². The average Bonchev–Trinajstić information content (AvgIpc) is 4.02. The Morgan fingerprint density at radius 2 is 0.745 bits per heavy atom. The Morgan fingerprint density at radius 1 is 0.431 bits per heavy atom. The zero-order chi connectivity index (χ0) is 36.7. The number of hydrogen-bond acceptors (Lipinski definition) is 12. The van der Waals surface area contributed by atoms with Gasteiger partial charge in [0.15, 0.2) is 0 Å². The van der Waals surface area contributed by atoms with E-state index in [1.54, 1.807) is 36.8 Å². The molecule has 6 heterocycles. The Balaban J connectivity index is 0.000000237. The molecule has 51 heavy (non-hydrogen) atoms. The normalized spacial score (nSPS) is 11.3. The summed E-state index contributed by atoms with van der Waals surface area (Å²) in [5.74, 6) is 6.69. The Labute approximate surface area is 296 Å². The maximum Gasteiger partial charge on any atom is 0.129 e. The predicted molar refractivity (Wildman–Crippen MR) is 185 cm³/mol. The van der Waals surface area contributed by atoms with Gasteiger partial charge in [0.25, 0.3) is 0 Å². The summed E-state index contributed by atoms with van der Waals surface area (Å²) in [6, 6.07) is 22.0. The quantitative estimate of drug-likeness (QED) is 0.0705. The van der Waals surface area contributed by atoms with Crippen molar-refractivity contribution >= 4 is 6.79 Å². The summed E-state index contributed by atoms with van der Waals surface area (Å²) in [4.78, 5) is 8.00. The Hall–Kier alpha value is -4.85. The van der Waals surface area contributed by atoms with Gasteiger partial charge in [-0.15, -0.1) is 0 Å². The van der Waals surface area contributed by atoms with E-state index in [4.69, 9.17) is 46.6 Å². The minimum atomic E-state index is -0.441. The highest BCUT2D eigenvalue weighted by atomic mass is 16.4. The van der Waals surface area contributed by atoms with Gasteiger partial charge in [0.1, 0.15) is 78.5 Å². The molecule has 0 amide bonds. The van der Waals surface area contributed by atoms with Crippen LogP contribution < -0.4 is 0 Å². The van der Waals surface area contributed by atoms with Crippen LogP contribution in [-0.2, 0) is 56.7 Å². The number of furan rings is 6. The third-order valence-electron chi connectivity index (χ3n) is 7.60. The van der Waals surface area contributed by atoms with Crippen molar-refractivity contribution in [3.63, 3.8) is 0 Å². The van der Waals surface area contributed by atoms with Gasteiger partial charge < -0.3 is 56.8 Å². The lowest BCUT2D eigenvalue weighted by molar-refractivity contribution is -0.0980. The molecule has 276 valence electrons. The van der Waals surface area contributed by atoms with Crippen LogP contribution in [0.2, 0.25) is 0 Å². The van der Waals surface area contributed by atoms with Gasteiger partial charge in [-0.1, -0.05) is 0 Å². The molecule has 0 saturated carbocycles. The summed E-state index contributed by atoms with van der Waals surface area (Å²) in [5, 5.41) is 46.2. The highest BCUT2D eigenvalue weighted by molar-refractivity contribution is 5.16. The molecule has 0 aliphatic heterocycles. The van der Waals surface area contributed by atoms with E-state index in [2.05, 4.69) is 0 Å². The van der Waals surface area contributed by atoms with Gasteiger partial charge in [-0.3, -0.25) is 0 Å². The SMILES string of the molecule is C=O.OC(CCc1ccco1)CCc1ccco1.OCc1ccc(CCC(O)CCc2ccc(Cc3ccc(CO)o3)o2)o1.OCc1ccco1. The second-order valence-corrected chi connectivity index (χ2v) is 11.5. The monoisotopic (exact) mass is 708 g/mol. The number of carbonyl (C=O) groups is 1. The van der Waals surface area contributed by atoms with Crippen molar-refractivity contribution in [2.75, 3.05) is 0 Å². The minimum Gasteiger partial charge on any atom is -0.469 e. The van der Waals surface area contributed by atoms with Crippen LogP contribution in [0.5, 0.6) is 0 Å². The van der Waals surface area contributed by atoms with Crippen molar-refractivity contribution in [1.82, 2.24) is 0 Å². The number of aliphatic hydroxyl groups is 5. The highest BCUT2D eigenvalue weighted by Gasteiger charge is 2.11. The van der Waals surface area contributed by atoms with Crippen molar-refractivity contribution in [3.05, 3.63) is 143 Å². The molecule has 0 aliphatic carbocycles. The van der Waals surface area contributed by atoms with Crippen molar-refractivity contribution in [2.24, 2.45) is 0 Å². The summed E-state index contributed by atoms with van der Waals surface area (Å²) < 4.78 is 31.8. The molecule has 12 nitrogen and oxygen atoms in total. The lowest BCUT2D eigenvalue weighted by atomic mass is 10.1. The molecular formula is C39H48O12. The standard InChI is InChI=1S/C20H24O6.C13H16O3.C5H6O2.CH2O/c21-12-19-9-6-16(25-19)4-2-14(23)1-3-15-5-7-17(24-15)11-18-8-10-20(13-22)26-18;14-11(5-7-12-3-1-9-15-12)6-8-13-4-2-10-16-13;6-4-5-2-1-3-7-5;1-2/h5-10,14,21-23H,1-4,11-13H2;1-4,9-11,14H,5-8H2;1-3,6H,4H2;1H2. The first-order valence-corrected chi connectivity index (χ1v) is 16.7. The van der Waals surface area contributed by atoms with Crippen LogP contribution in [0, 0.1) is 0 Å². The summed E-state index contributed by atoms with van der Waals surface area (Å²) in [5.41, 5.74) is 0. The van der Waals surface area contributed by atoms with Gasteiger partial charge in [0.05, 0.1) is 37.4 Å². The molecule has 1 unspecified atom stereocenters. The van der Waals surface area contributed by atoms with E-state index in [0.717, 1.165) is 60.2 Å². The average molecular weight is 709 g/mol. The van der Waals surface area contributed by atoms with E-state index >= 15 is 0 Å². The van der Waals surface area contributed by atoms with E-state index in [1.807, 2.05) is 55.3 Å². The molecule has 0 bridgehead atoms. The molecular weight excluding hydrogens is 660 g/mol. The van der Waals surface area contributed by atoms with E-state index < -0.39 is 6.10 Å². The zero-order valence-electron chi connectivity index (χ0n) is 28.6. The predicted octanol–water partition coefficient (Wildman–Crippen LogP) is 6.35. The second-order valence-electron chi connectivity index (χ2n) is 11.5. The molecule has 0 spiro atoms. The van der Waals surface area contributed by atoms with Crippen LogP contribution in [0.4, 0.5) is 0 Å². The van der Waals surface area contributed by atoms with Gasteiger partial charge in [0.2, 0.25) is 0 Å². The molecule has 5 N–H and O–H groups in total. The third kappa shape index (κ3) is 15.7. The second kappa shape index (κ2) is 23.5. The molecule has 6 aromatic rings. The fourth-order valence-electron chi connectivity index (χ4n) is 4.90. The van der Waals surface area contributed by atoms with E-state index in [9.17, 15) is 10.2 Å². The number of carbonyl (C=O) groups excluding carboxylic acids is 1. The van der Waals surface area contributed by atoms with Gasteiger partial charge in [-0.2, -0.15) is 0 Å². The number of rotatable bonds is 17. The Morgan fingerprint density at radius 3 is 1.08 bits per heavy atom. The van der Waals surface area contributed by atoms with E-state index in [0.29, 0.717) is 49.4 Å². The lowest BCUT2D eigenvalue weighted by Gasteiger charge is -2.08. The van der Waals surface area contributed by atoms with Gasteiger partial charge in [-0.25, -0.2) is 0 Å². The van der Waals surface area contributed by atoms with Crippen LogP contribution in [0.1, 0.15) is 77.5 Å². The first-order chi connectivity index (χ1) is 24.9. The van der Waals surface area contributed by atoms with Crippen LogP contribution in [0.15, 0.2) is 118 Å². The molecule has 0 aliphatic rings. The van der Waals surface area contributed by atoms with Crippen molar-refractivity contribution in [2.45, 2.75) is 89.8 Å². The van der Waals surface area contributed by atoms with E-state index in [1.165, 1.54) is 6.26 Å². The summed E-state index contributed by atoms with van der Waals surface area (Å²) in [6.07, 6.45) is 10.2. The van der Waals surface area contributed by atoms with Crippen molar-refractivity contribution in [1.29, 1.82) is 0 Å². The molecule has 0 radical (unpaired) electrons. The maximum atomic E-state index is 10.1. The van der Waals surface area contributed by atoms with Gasteiger partial charge in [0, 0.05) is 25.7 Å². The molecule has 6 rings (SSSR count). The first-order valence-electron chi connectivity index (χ1n) is 16.7. The molecule has 12 heteroatoms. The van der Waals surface area contributed by atoms with Crippen molar-refractivity contribution in [3.8, 4) is 0 Å². The summed E-state index contributed by atoms with van der Waals surface area (Å²) in [6.45, 7) is 1.77.